The Labute approximate surface area is 111 Å². The van der Waals surface area contributed by atoms with Gasteiger partial charge in [0.05, 0.1) is 10.9 Å². The van der Waals surface area contributed by atoms with Gasteiger partial charge >= 0.3 is 0 Å². The lowest BCUT2D eigenvalue weighted by atomic mass is 10.3. The van der Waals surface area contributed by atoms with E-state index < -0.39 is 14.6 Å². The van der Waals surface area contributed by atoms with E-state index in [2.05, 4.69) is 10.4 Å². The fourth-order valence-electron chi connectivity index (χ4n) is 1.61. The first kappa shape index (κ1) is 13.6. The van der Waals surface area contributed by atoms with Gasteiger partial charge in [0.15, 0.2) is 15.7 Å². The van der Waals surface area contributed by atoms with Crippen molar-refractivity contribution in [3.8, 4) is 5.75 Å². The molecule has 0 radical (unpaired) electrons. The number of sulfone groups is 1. The average Bonchev–Trinajstić information content (AvgIpc) is 2.68. The van der Waals surface area contributed by atoms with E-state index >= 15 is 0 Å². The molecule has 0 saturated carbocycles. The highest BCUT2D eigenvalue weighted by molar-refractivity contribution is 7.92. The molecule has 0 fully saturated rings. The summed E-state index contributed by atoms with van der Waals surface area (Å²) in [5, 5.41) is 9.91. The summed E-state index contributed by atoms with van der Waals surface area (Å²) in [6.45, 7) is 4.73. The molecule has 0 bridgehead atoms. The van der Waals surface area contributed by atoms with Crippen LogP contribution in [-0.2, 0) is 9.84 Å². The molecule has 2 aromatic rings. The molecule has 0 aromatic carbocycles. The van der Waals surface area contributed by atoms with Crippen LogP contribution in [-0.4, -0.2) is 27.7 Å². The van der Waals surface area contributed by atoms with E-state index in [0.717, 1.165) is 0 Å². The second kappa shape index (κ2) is 4.10. The number of aromatic hydroxyl groups is 1. The third-order valence-electron chi connectivity index (χ3n) is 2.78. The number of pyridine rings is 1. The predicted octanol–water partition coefficient (Wildman–Crippen LogP) is 0.898. The predicted molar refractivity (Wildman–Crippen MR) is 71.6 cm³/mol. The molecule has 2 aromatic heterocycles. The molecule has 7 nitrogen and oxygen atoms in total. The maximum atomic E-state index is 12.4. The number of nitrogen functional groups attached to an aromatic ring is 1. The van der Waals surface area contributed by atoms with E-state index in [9.17, 15) is 13.5 Å². The van der Waals surface area contributed by atoms with Crippen LogP contribution in [0.3, 0.4) is 0 Å². The molecule has 0 aliphatic heterocycles. The Hall–Kier alpha value is -1.80. The fourth-order valence-corrected chi connectivity index (χ4v) is 2.86. The summed E-state index contributed by atoms with van der Waals surface area (Å²) in [5.74, 6) is 5.30. The van der Waals surface area contributed by atoms with E-state index in [4.69, 9.17) is 5.84 Å². The number of nitrogens with zero attached hydrogens (tertiary/aromatic N) is 2. The summed E-state index contributed by atoms with van der Waals surface area (Å²) in [7, 11) is -3.65. The SMILES string of the molecule is CC(C)(C)S(=O)(=O)c1cn2cc(NN)nc2cc1O. The van der Waals surface area contributed by atoms with Crippen LogP contribution in [0.15, 0.2) is 23.4 Å². The number of anilines is 1. The number of nitrogens with one attached hydrogen (secondary N) is 1. The maximum absolute atomic E-state index is 12.4. The number of hydrogen-bond acceptors (Lipinski definition) is 6. The highest BCUT2D eigenvalue weighted by Gasteiger charge is 2.33. The van der Waals surface area contributed by atoms with Crippen molar-refractivity contribution in [3.05, 3.63) is 18.5 Å². The van der Waals surface area contributed by atoms with E-state index in [0.29, 0.717) is 11.5 Å². The Bertz CT molecular complexity index is 728. The smallest absolute Gasteiger partial charge is 0.188 e. The third kappa shape index (κ3) is 2.13. The lowest BCUT2D eigenvalue weighted by molar-refractivity contribution is 0.455. The Morgan fingerprint density at radius 2 is 2.00 bits per heavy atom. The molecule has 104 valence electrons. The highest BCUT2D eigenvalue weighted by Crippen LogP contribution is 2.32. The molecule has 0 unspecified atom stereocenters. The van der Waals surface area contributed by atoms with Crippen molar-refractivity contribution < 1.29 is 13.5 Å². The molecule has 0 aliphatic carbocycles. The van der Waals surface area contributed by atoms with Crippen molar-refractivity contribution >= 4 is 21.3 Å². The van der Waals surface area contributed by atoms with E-state index in [1.807, 2.05) is 0 Å². The normalized spacial score (nSPS) is 12.8. The summed E-state index contributed by atoms with van der Waals surface area (Å²) in [6.07, 6.45) is 2.87. The molecule has 0 spiro atoms. The molecule has 0 saturated heterocycles. The van der Waals surface area contributed by atoms with Gasteiger partial charge in [0, 0.05) is 12.3 Å². The fraction of sp³-hybridized carbons (Fsp3) is 0.364. The quantitative estimate of drug-likeness (QED) is 0.558. The van der Waals surface area contributed by atoms with Crippen molar-refractivity contribution in [1.29, 1.82) is 0 Å². The van der Waals surface area contributed by atoms with Crippen LogP contribution in [0.25, 0.3) is 5.65 Å². The van der Waals surface area contributed by atoms with Gasteiger partial charge in [-0.2, -0.15) is 0 Å². The largest absolute Gasteiger partial charge is 0.506 e. The number of hydrogen-bond donors (Lipinski definition) is 3. The van der Waals surface area contributed by atoms with Crippen molar-refractivity contribution in [3.63, 3.8) is 0 Å². The van der Waals surface area contributed by atoms with E-state index in [-0.39, 0.29) is 10.6 Å². The Kier molecular flexibility index (Phi) is 2.94. The van der Waals surface area contributed by atoms with Crippen LogP contribution in [0, 0.1) is 0 Å². The third-order valence-corrected chi connectivity index (χ3v) is 5.29. The van der Waals surface area contributed by atoms with Crippen LogP contribution in [0.4, 0.5) is 5.82 Å². The molecule has 0 aliphatic rings. The summed E-state index contributed by atoms with van der Waals surface area (Å²) in [5.41, 5.74) is 2.76. The first-order chi connectivity index (χ1) is 8.66. The monoisotopic (exact) mass is 284 g/mol. The van der Waals surface area contributed by atoms with Gasteiger partial charge in [-0.25, -0.2) is 19.2 Å². The summed E-state index contributed by atoms with van der Waals surface area (Å²) in [4.78, 5) is 3.92. The number of imidazole rings is 1. The van der Waals surface area contributed by atoms with Crippen molar-refractivity contribution in [2.24, 2.45) is 5.84 Å². The lowest BCUT2D eigenvalue weighted by Crippen LogP contribution is -2.28. The number of nitrogens with two attached hydrogens (primary N) is 1. The topological polar surface area (TPSA) is 110 Å². The summed E-state index contributed by atoms with van der Waals surface area (Å²) >= 11 is 0. The number of fused-ring (bicyclic) bond motifs is 1. The van der Waals surface area contributed by atoms with Gasteiger partial charge in [0.2, 0.25) is 0 Å². The zero-order chi connectivity index (χ0) is 14.4. The molecule has 0 amide bonds. The van der Waals surface area contributed by atoms with Crippen LogP contribution in [0.5, 0.6) is 5.75 Å². The molecule has 19 heavy (non-hydrogen) atoms. The van der Waals surface area contributed by atoms with Crippen molar-refractivity contribution in [2.75, 3.05) is 5.43 Å². The van der Waals surface area contributed by atoms with Crippen LogP contribution < -0.4 is 11.3 Å². The Morgan fingerprint density at radius 3 is 2.53 bits per heavy atom. The molecule has 2 heterocycles. The van der Waals surface area contributed by atoms with E-state index in [1.165, 1.54) is 22.9 Å². The second-order valence-electron chi connectivity index (χ2n) is 5.17. The van der Waals surface area contributed by atoms with Gasteiger partial charge in [-0.15, -0.1) is 0 Å². The zero-order valence-electron chi connectivity index (χ0n) is 10.9. The van der Waals surface area contributed by atoms with Gasteiger partial charge in [-0.1, -0.05) is 0 Å². The minimum atomic E-state index is -3.65. The summed E-state index contributed by atoms with van der Waals surface area (Å²) < 4.78 is 25.2. The molecular formula is C11H16N4O3S. The Balaban J connectivity index is 2.72. The van der Waals surface area contributed by atoms with Gasteiger partial charge in [-0.3, -0.25) is 0 Å². The summed E-state index contributed by atoms with van der Waals surface area (Å²) in [6, 6.07) is 1.29. The zero-order valence-corrected chi connectivity index (χ0v) is 11.7. The Morgan fingerprint density at radius 1 is 1.37 bits per heavy atom. The second-order valence-corrected chi connectivity index (χ2v) is 7.85. The first-order valence-corrected chi connectivity index (χ1v) is 7.08. The number of aromatic nitrogens is 2. The minimum Gasteiger partial charge on any atom is -0.506 e. The average molecular weight is 284 g/mol. The lowest BCUT2D eigenvalue weighted by Gasteiger charge is -2.19. The van der Waals surface area contributed by atoms with E-state index in [1.54, 1.807) is 20.8 Å². The number of rotatable bonds is 2. The van der Waals surface area contributed by atoms with Crippen molar-refractivity contribution in [1.82, 2.24) is 9.38 Å². The van der Waals surface area contributed by atoms with Gasteiger partial charge in [0.1, 0.15) is 16.3 Å². The molecule has 8 heteroatoms. The first-order valence-electron chi connectivity index (χ1n) is 5.60. The molecular weight excluding hydrogens is 268 g/mol. The maximum Gasteiger partial charge on any atom is 0.188 e. The van der Waals surface area contributed by atoms with Crippen LogP contribution >= 0.6 is 0 Å². The van der Waals surface area contributed by atoms with Gasteiger partial charge in [0.25, 0.3) is 0 Å². The highest BCUT2D eigenvalue weighted by atomic mass is 32.2. The van der Waals surface area contributed by atoms with Crippen LogP contribution in [0.2, 0.25) is 0 Å². The minimum absolute atomic E-state index is 0.131. The van der Waals surface area contributed by atoms with Crippen LogP contribution in [0.1, 0.15) is 20.8 Å². The van der Waals surface area contributed by atoms with Gasteiger partial charge in [-0.05, 0) is 20.8 Å². The molecule has 2 rings (SSSR count). The standard InChI is InChI=1S/C11H16N4O3S/c1-11(2,3)19(17,18)8-5-15-6-9(14-12)13-10(15)4-7(8)16/h4-6,14,16H,12H2,1-3H3. The molecule has 4 N–H and O–H groups in total. The van der Waals surface area contributed by atoms with Crippen molar-refractivity contribution in [2.45, 2.75) is 30.4 Å². The number of hydrazine groups is 1. The molecule has 0 atom stereocenters. The van der Waals surface area contributed by atoms with Gasteiger partial charge < -0.3 is 14.9 Å².